The smallest absolute Gasteiger partial charge is 0.120 e. The highest BCUT2D eigenvalue weighted by Gasteiger charge is 2.30. The summed E-state index contributed by atoms with van der Waals surface area (Å²) >= 11 is 3.48. The van der Waals surface area contributed by atoms with E-state index in [0.29, 0.717) is 11.5 Å². The molecular formula is C16H23BrO. The van der Waals surface area contributed by atoms with Gasteiger partial charge in [0.1, 0.15) is 5.75 Å². The minimum absolute atomic E-state index is 0.401. The molecule has 0 N–H and O–H groups in total. The van der Waals surface area contributed by atoms with Gasteiger partial charge in [-0.1, -0.05) is 42.8 Å². The van der Waals surface area contributed by atoms with Crippen LogP contribution >= 0.6 is 15.9 Å². The van der Waals surface area contributed by atoms with Gasteiger partial charge in [0.05, 0.1) is 6.10 Å². The van der Waals surface area contributed by atoms with Crippen LogP contribution in [-0.2, 0) is 0 Å². The molecule has 0 amide bonds. The molecule has 0 atom stereocenters. The molecule has 0 heterocycles. The van der Waals surface area contributed by atoms with E-state index in [1.807, 2.05) is 18.2 Å². The van der Waals surface area contributed by atoms with Gasteiger partial charge in [-0.15, -0.1) is 0 Å². The van der Waals surface area contributed by atoms with Crippen molar-refractivity contribution < 1.29 is 4.74 Å². The van der Waals surface area contributed by atoms with E-state index < -0.39 is 0 Å². The number of hydrogen-bond donors (Lipinski definition) is 0. The Balaban J connectivity index is 1.87. The van der Waals surface area contributed by atoms with E-state index in [9.17, 15) is 0 Å². The molecule has 1 fully saturated rings. The van der Waals surface area contributed by atoms with Gasteiger partial charge in [-0.05, 0) is 55.2 Å². The second kappa shape index (κ2) is 5.64. The molecule has 1 saturated carbocycles. The monoisotopic (exact) mass is 310 g/mol. The number of halogens is 1. The fraction of sp³-hybridized carbons (Fsp3) is 0.625. The SMILES string of the molecule is CC(C)(C)C1CCC(Oc2cccc(Br)c2)CC1. The average Bonchev–Trinajstić information content (AvgIpc) is 2.28. The number of benzene rings is 1. The first-order valence-corrected chi connectivity index (χ1v) is 7.66. The predicted octanol–water partition coefficient (Wildman–Crippen LogP) is 5.43. The lowest BCUT2D eigenvalue weighted by atomic mass is 9.72. The lowest BCUT2D eigenvalue weighted by Gasteiger charge is -2.36. The lowest BCUT2D eigenvalue weighted by molar-refractivity contribution is 0.0882. The molecule has 1 aromatic carbocycles. The Kier molecular flexibility index (Phi) is 4.37. The maximum atomic E-state index is 6.07. The number of ether oxygens (including phenoxy) is 1. The third kappa shape index (κ3) is 3.74. The van der Waals surface area contributed by atoms with Gasteiger partial charge in [-0.2, -0.15) is 0 Å². The van der Waals surface area contributed by atoms with Gasteiger partial charge in [0.2, 0.25) is 0 Å². The Labute approximate surface area is 119 Å². The van der Waals surface area contributed by atoms with Crippen LogP contribution in [0, 0.1) is 11.3 Å². The molecule has 0 bridgehead atoms. The van der Waals surface area contributed by atoms with E-state index in [1.165, 1.54) is 25.7 Å². The van der Waals surface area contributed by atoms with Crippen LogP contribution in [-0.4, -0.2) is 6.10 Å². The van der Waals surface area contributed by atoms with Gasteiger partial charge >= 0.3 is 0 Å². The van der Waals surface area contributed by atoms with E-state index >= 15 is 0 Å². The van der Waals surface area contributed by atoms with E-state index in [0.717, 1.165) is 16.1 Å². The van der Waals surface area contributed by atoms with Crippen LogP contribution in [0.3, 0.4) is 0 Å². The van der Waals surface area contributed by atoms with Crippen molar-refractivity contribution in [1.82, 2.24) is 0 Å². The average molecular weight is 311 g/mol. The van der Waals surface area contributed by atoms with E-state index in [2.05, 4.69) is 42.8 Å². The Morgan fingerprint density at radius 2 is 1.78 bits per heavy atom. The van der Waals surface area contributed by atoms with Crippen LogP contribution in [0.15, 0.2) is 28.7 Å². The van der Waals surface area contributed by atoms with Gasteiger partial charge in [0, 0.05) is 4.47 Å². The summed E-state index contributed by atoms with van der Waals surface area (Å²) in [7, 11) is 0. The van der Waals surface area contributed by atoms with Crippen molar-refractivity contribution in [2.45, 2.75) is 52.6 Å². The zero-order chi connectivity index (χ0) is 13.2. The molecule has 1 aromatic rings. The fourth-order valence-corrected chi connectivity index (χ4v) is 3.16. The van der Waals surface area contributed by atoms with Gasteiger partial charge in [-0.3, -0.25) is 0 Å². The fourth-order valence-electron chi connectivity index (χ4n) is 2.78. The van der Waals surface area contributed by atoms with E-state index in [4.69, 9.17) is 4.74 Å². The minimum atomic E-state index is 0.401. The molecule has 0 radical (unpaired) electrons. The molecule has 100 valence electrons. The predicted molar refractivity (Wildman–Crippen MR) is 80.0 cm³/mol. The first-order valence-electron chi connectivity index (χ1n) is 6.87. The van der Waals surface area contributed by atoms with Crippen molar-refractivity contribution in [1.29, 1.82) is 0 Å². The van der Waals surface area contributed by atoms with Crippen molar-refractivity contribution in [2.75, 3.05) is 0 Å². The summed E-state index contributed by atoms with van der Waals surface area (Å²) in [5.41, 5.74) is 0.445. The Hall–Kier alpha value is -0.500. The van der Waals surface area contributed by atoms with Gasteiger partial charge in [0.25, 0.3) is 0 Å². The molecule has 1 nitrogen and oxygen atoms in total. The number of hydrogen-bond acceptors (Lipinski definition) is 1. The maximum Gasteiger partial charge on any atom is 0.120 e. The molecule has 18 heavy (non-hydrogen) atoms. The largest absolute Gasteiger partial charge is 0.490 e. The summed E-state index contributed by atoms with van der Waals surface area (Å²) in [6.45, 7) is 7.06. The lowest BCUT2D eigenvalue weighted by Crippen LogP contribution is -2.30. The quantitative estimate of drug-likeness (QED) is 0.707. The van der Waals surface area contributed by atoms with Crippen LogP contribution in [0.1, 0.15) is 46.5 Å². The zero-order valence-corrected chi connectivity index (χ0v) is 13.2. The second-order valence-corrected chi connectivity index (χ2v) is 7.33. The highest BCUT2D eigenvalue weighted by molar-refractivity contribution is 9.10. The summed E-state index contributed by atoms with van der Waals surface area (Å²) in [5, 5.41) is 0. The first kappa shape index (κ1) is 13.9. The molecule has 0 spiro atoms. The van der Waals surface area contributed by atoms with Crippen LogP contribution < -0.4 is 4.74 Å². The summed E-state index contributed by atoms with van der Waals surface area (Å²) in [6, 6.07) is 8.15. The summed E-state index contributed by atoms with van der Waals surface area (Å²) in [5.74, 6) is 1.84. The maximum absolute atomic E-state index is 6.07. The summed E-state index contributed by atoms with van der Waals surface area (Å²) in [4.78, 5) is 0. The molecule has 0 unspecified atom stereocenters. The molecule has 0 aromatic heterocycles. The van der Waals surface area contributed by atoms with Gasteiger partial charge in [-0.25, -0.2) is 0 Å². The van der Waals surface area contributed by atoms with E-state index in [1.54, 1.807) is 0 Å². The molecule has 0 saturated heterocycles. The zero-order valence-electron chi connectivity index (χ0n) is 11.6. The molecule has 1 aliphatic carbocycles. The van der Waals surface area contributed by atoms with Gasteiger partial charge in [0.15, 0.2) is 0 Å². The van der Waals surface area contributed by atoms with Crippen LogP contribution in [0.4, 0.5) is 0 Å². The summed E-state index contributed by atoms with van der Waals surface area (Å²) in [6.07, 6.45) is 5.37. The molecule has 2 heteroatoms. The number of rotatable bonds is 2. The molecule has 1 aliphatic rings. The molecule has 0 aliphatic heterocycles. The van der Waals surface area contributed by atoms with Crippen LogP contribution in [0.25, 0.3) is 0 Å². The van der Waals surface area contributed by atoms with Crippen LogP contribution in [0.2, 0.25) is 0 Å². The molecular weight excluding hydrogens is 288 g/mol. The third-order valence-electron chi connectivity index (χ3n) is 4.00. The highest BCUT2D eigenvalue weighted by atomic mass is 79.9. The first-order chi connectivity index (χ1) is 8.45. The Bertz CT molecular complexity index is 386. The van der Waals surface area contributed by atoms with Crippen molar-refractivity contribution in [3.05, 3.63) is 28.7 Å². The second-order valence-electron chi connectivity index (χ2n) is 6.41. The van der Waals surface area contributed by atoms with Crippen LogP contribution in [0.5, 0.6) is 5.75 Å². The minimum Gasteiger partial charge on any atom is -0.490 e. The van der Waals surface area contributed by atoms with Crippen molar-refractivity contribution in [3.63, 3.8) is 0 Å². The topological polar surface area (TPSA) is 9.23 Å². The van der Waals surface area contributed by atoms with Crippen molar-refractivity contribution in [2.24, 2.45) is 11.3 Å². The highest BCUT2D eigenvalue weighted by Crippen LogP contribution is 2.38. The third-order valence-corrected chi connectivity index (χ3v) is 4.49. The summed E-state index contributed by atoms with van der Waals surface area (Å²) < 4.78 is 7.15. The Morgan fingerprint density at radius 3 is 2.33 bits per heavy atom. The standard InChI is InChI=1S/C16H23BrO/c1-16(2,3)12-7-9-14(10-8-12)18-15-6-4-5-13(17)11-15/h4-6,11-12,14H,7-10H2,1-3H3. The normalized spacial score (nSPS) is 24.9. The Morgan fingerprint density at radius 1 is 1.11 bits per heavy atom. The van der Waals surface area contributed by atoms with Gasteiger partial charge < -0.3 is 4.74 Å². The van der Waals surface area contributed by atoms with Crippen molar-refractivity contribution in [3.8, 4) is 5.75 Å². The van der Waals surface area contributed by atoms with Crippen molar-refractivity contribution >= 4 is 15.9 Å². The molecule has 2 rings (SSSR count). The van der Waals surface area contributed by atoms with E-state index in [-0.39, 0.29) is 0 Å².